The highest BCUT2D eigenvalue weighted by Gasteiger charge is 2.30. The first-order valence-electron chi connectivity index (χ1n) is 13.2. The Hall–Kier alpha value is -5.02. The Kier molecular flexibility index (Phi) is 8.36. The third kappa shape index (κ3) is 6.42. The van der Waals surface area contributed by atoms with E-state index in [0.29, 0.717) is 0 Å². The van der Waals surface area contributed by atoms with Crippen molar-refractivity contribution in [2.45, 2.75) is 31.6 Å². The second kappa shape index (κ2) is 12.4. The lowest BCUT2D eigenvalue weighted by Gasteiger charge is -2.22. The molecule has 208 valence electrons. The van der Waals surface area contributed by atoms with Gasteiger partial charge >= 0.3 is 12.1 Å². The fourth-order valence-corrected chi connectivity index (χ4v) is 4.86. The minimum Gasteiger partial charge on any atom is -0.480 e. The molecular formula is C32H29N3O6. The molecule has 3 N–H and O–H groups in total. The van der Waals surface area contributed by atoms with Gasteiger partial charge in [0.2, 0.25) is 0 Å². The number of anilines is 1. The highest BCUT2D eigenvalue weighted by Crippen LogP contribution is 2.44. The van der Waals surface area contributed by atoms with E-state index >= 15 is 0 Å². The quantitative estimate of drug-likeness (QED) is 0.246. The Morgan fingerprint density at radius 1 is 0.854 bits per heavy atom. The number of fused-ring (bicyclic) bond motifs is 3. The zero-order valence-electron chi connectivity index (χ0n) is 22.3. The van der Waals surface area contributed by atoms with Gasteiger partial charge < -0.3 is 19.9 Å². The average Bonchev–Trinajstić information content (AvgIpc) is 3.31. The van der Waals surface area contributed by atoms with E-state index in [4.69, 9.17) is 9.47 Å². The van der Waals surface area contributed by atoms with Crippen LogP contribution in [-0.4, -0.2) is 46.8 Å². The van der Waals surface area contributed by atoms with Crippen LogP contribution in [0.25, 0.3) is 11.1 Å². The molecule has 1 aromatic heterocycles. The van der Waals surface area contributed by atoms with Crippen molar-refractivity contribution in [3.05, 3.63) is 119 Å². The summed E-state index contributed by atoms with van der Waals surface area (Å²) in [7, 11) is 0. The van der Waals surface area contributed by atoms with E-state index in [9.17, 15) is 19.5 Å². The van der Waals surface area contributed by atoms with Gasteiger partial charge in [-0.3, -0.25) is 10.1 Å². The van der Waals surface area contributed by atoms with Crippen molar-refractivity contribution in [3.63, 3.8) is 0 Å². The van der Waals surface area contributed by atoms with Crippen LogP contribution in [0.1, 0.15) is 40.0 Å². The van der Waals surface area contributed by atoms with Crippen LogP contribution in [0.4, 0.5) is 10.6 Å². The van der Waals surface area contributed by atoms with Crippen LogP contribution in [0.5, 0.6) is 0 Å². The van der Waals surface area contributed by atoms with Crippen molar-refractivity contribution in [1.82, 2.24) is 10.3 Å². The molecule has 2 amide bonds. The zero-order chi connectivity index (χ0) is 28.8. The number of aromatic nitrogens is 1. The summed E-state index contributed by atoms with van der Waals surface area (Å²) < 4.78 is 11.2. The van der Waals surface area contributed by atoms with Gasteiger partial charge in [-0.05, 0) is 46.9 Å². The second-order valence-electron chi connectivity index (χ2n) is 9.65. The lowest BCUT2D eigenvalue weighted by atomic mass is 9.98. The molecule has 9 heteroatoms. The lowest BCUT2D eigenvalue weighted by Crippen LogP contribution is -2.48. The number of amides is 2. The van der Waals surface area contributed by atoms with E-state index in [-0.39, 0.29) is 30.6 Å². The number of carboxylic acids is 1. The molecule has 0 saturated carbocycles. The maximum Gasteiger partial charge on any atom is 0.412 e. The topological polar surface area (TPSA) is 127 Å². The molecule has 1 aliphatic carbocycles. The SMILES string of the molecule is C[C@H](OCc1ccccc1)[C@@H](NC(=O)c1cccc(NC(=O)OCC2c3ccccc3-c3ccccc32)n1)C(=O)O. The predicted molar refractivity (Wildman–Crippen MR) is 153 cm³/mol. The number of hydrogen-bond acceptors (Lipinski definition) is 6. The fourth-order valence-electron chi connectivity index (χ4n) is 4.86. The number of carbonyl (C=O) groups excluding carboxylic acids is 2. The van der Waals surface area contributed by atoms with Crippen molar-refractivity contribution >= 4 is 23.8 Å². The predicted octanol–water partition coefficient (Wildman–Crippen LogP) is 5.23. The van der Waals surface area contributed by atoms with Crippen LogP contribution in [0, 0.1) is 0 Å². The number of pyridine rings is 1. The Morgan fingerprint density at radius 2 is 1.49 bits per heavy atom. The first-order valence-corrected chi connectivity index (χ1v) is 13.2. The molecule has 3 aromatic carbocycles. The molecule has 0 unspecified atom stereocenters. The number of aliphatic carboxylic acids is 1. The third-order valence-corrected chi connectivity index (χ3v) is 6.93. The van der Waals surface area contributed by atoms with Crippen LogP contribution >= 0.6 is 0 Å². The molecule has 1 heterocycles. The maximum atomic E-state index is 12.9. The van der Waals surface area contributed by atoms with E-state index in [1.54, 1.807) is 6.92 Å². The Labute approximate surface area is 237 Å². The summed E-state index contributed by atoms with van der Waals surface area (Å²) in [6.07, 6.45) is -1.54. The lowest BCUT2D eigenvalue weighted by molar-refractivity contribution is -0.143. The number of rotatable bonds is 10. The van der Waals surface area contributed by atoms with Gasteiger partial charge in [0.15, 0.2) is 6.04 Å². The summed E-state index contributed by atoms with van der Waals surface area (Å²) in [5.41, 5.74) is 5.24. The Balaban J connectivity index is 1.18. The first kappa shape index (κ1) is 27.5. The molecular weight excluding hydrogens is 522 g/mol. The van der Waals surface area contributed by atoms with Gasteiger partial charge in [0.1, 0.15) is 18.1 Å². The first-order chi connectivity index (χ1) is 19.9. The van der Waals surface area contributed by atoms with Crippen LogP contribution in [0.3, 0.4) is 0 Å². The van der Waals surface area contributed by atoms with Gasteiger partial charge in [-0.15, -0.1) is 0 Å². The number of nitrogens with zero attached hydrogens (tertiary/aromatic N) is 1. The minimum absolute atomic E-state index is 0.0667. The molecule has 5 rings (SSSR count). The summed E-state index contributed by atoms with van der Waals surface area (Å²) >= 11 is 0. The van der Waals surface area contributed by atoms with Gasteiger partial charge in [-0.1, -0.05) is 84.9 Å². The van der Waals surface area contributed by atoms with Crippen molar-refractivity contribution in [2.24, 2.45) is 0 Å². The van der Waals surface area contributed by atoms with Crippen molar-refractivity contribution < 1.29 is 29.0 Å². The number of nitrogens with one attached hydrogen (secondary N) is 2. The van der Waals surface area contributed by atoms with Gasteiger partial charge in [0.25, 0.3) is 5.91 Å². The van der Waals surface area contributed by atoms with Gasteiger partial charge in [0, 0.05) is 5.92 Å². The standard InChI is InChI=1S/C32H29N3O6/c1-20(40-18-21-10-3-2-4-11-21)29(31(37)38)35-30(36)27-16-9-17-28(33-27)34-32(39)41-19-26-24-14-7-5-12-22(24)23-13-6-8-15-25(23)26/h2-17,20,26,29H,18-19H2,1H3,(H,35,36)(H,37,38)(H,33,34,39)/t20-,29+/m0/s1. The third-order valence-electron chi connectivity index (χ3n) is 6.93. The summed E-state index contributed by atoms with van der Waals surface area (Å²) in [5, 5.41) is 14.7. The van der Waals surface area contributed by atoms with Crippen molar-refractivity contribution in [3.8, 4) is 11.1 Å². The monoisotopic (exact) mass is 551 g/mol. The minimum atomic E-state index is -1.31. The Morgan fingerprint density at radius 3 is 2.15 bits per heavy atom. The number of benzene rings is 3. The van der Waals surface area contributed by atoms with E-state index < -0.39 is 30.1 Å². The van der Waals surface area contributed by atoms with Crippen molar-refractivity contribution in [1.29, 1.82) is 0 Å². The normalized spacial score (nSPS) is 13.4. The molecule has 4 aromatic rings. The summed E-state index contributed by atoms with van der Waals surface area (Å²) in [4.78, 5) is 41.6. The molecule has 1 aliphatic rings. The van der Waals surface area contributed by atoms with Crippen LogP contribution < -0.4 is 10.6 Å². The number of ether oxygens (including phenoxy) is 2. The van der Waals surface area contributed by atoms with E-state index in [2.05, 4.69) is 27.8 Å². The number of carboxylic acid groups (broad SMARTS) is 1. The second-order valence-corrected chi connectivity index (χ2v) is 9.65. The molecule has 0 radical (unpaired) electrons. The summed E-state index contributed by atoms with van der Waals surface area (Å²) in [5.74, 6) is -1.97. The zero-order valence-corrected chi connectivity index (χ0v) is 22.3. The maximum absolute atomic E-state index is 12.9. The molecule has 0 fully saturated rings. The summed E-state index contributed by atoms with van der Waals surface area (Å²) in [6, 6.07) is 28.5. The smallest absolute Gasteiger partial charge is 0.412 e. The molecule has 0 aliphatic heterocycles. The van der Waals surface area contributed by atoms with Crippen LogP contribution in [-0.2, 0) is 20.9 Å². The highest BCUT2D eigenvalue weighted by atomic mass is 16.5. The molecule has 2 atom stereocenters. The fraction of sp³-hybridized carbons (Fsp3) is 0.188. The van der Waals surface area contributed by atoms with Crippen LogP contribution in [0.2, 0.25) is 0 Å². The number of carbonyl (C=O) groups is 3. The number of hydrogen-bond donors (Lipinski definition) is 3. The largest absolute Gasteiger partial charge is 0.480 e. The summed E-state index contributed by atoms with van der Waals surface area (Å²) in [6.45, 7) is 1.89. The van der Waals surface area contributed by atoms with Gasteiger partial charge in [-0.2, -0.15) is 0 Å². The molecule has 0 saturated heterocycles. The Bertz CT molecular complexity index is 1510. The van der Waals surface area contributed by atoms with E-state index in [1.165, 1.54) is 18.2 Å². The van der Waals surface area contributed by atoms with Crippen LogP contribution in [0.15, 0.2) is 97.1 Å². The van der Waals surface area contributed by atoms with Crippen molar-refractivity contribution in [2.75, 3.05) is 11.9 Å². The molecule has 9 nitrogen and oxygen atoms in total. The van der Waals surface area contributed by atoms with E-state index in [0.717, 1.165) is 27.8 Å². The molecule has 41 heavy (non-hydrogen) atoms. The van der Waals surface area contributed by atoms with Gasteiger partial charge in [0.05, 0.1) is 12.7 Å². The molecule has 0 bridgehead atoms. The average molecular weight is 552 g/mol. The highest BCUT2D eigenvalue weighted by molar-refractivity contribution is 5.96. The van der Waals surface area contributed by atoms with Gasteiger partial charge in [-0.25, -0.2) is 14.6 Å². The molecule has 0 spiro atoms. The van der Waals surface area contributed by atoms with E-state index in [1.807, 2.05) is 66.7 Å².